The number of rotatable bonds is 11. The van der Waals surface area contributed by atoms with Gasteiger partial charge in [0.05, 0.1) is 6.42 Å². The molecule has 0 aliphatic carbocycles. The summed E-state index contributed by atoms with van der Waals surface area (Å²) in [5, 5.41) is 32.5. The summed E-state index contributed by atoms with van der Waals surface area (Å²) < 4.78 is 4.25. The van der Waals surface area contributed by atoms with Gasteiger partial charge in [0.2, 0.25) is 5.91 Å². The predicted octanol–water partition coefficient (Wildman–Crippen LogP) is -4.22. The number of primary amides is 1. The van der Waals surface area contributed by atoms with E-state index in [4.69, 9.17) is 48.9 Å². The van der Waals surface area contributed by atoms with Gasteiger partial charge < -0.3 is 53.6 Å². The number of nitrogens with two attached hydrogens (primary N) is 4. The van der Waals surface area contributed by atoms with E-state index in [1.165, 1.54) is 0 Å². The molecule has 0 aromatic carbocycles. The zero-order valence-electron chi connectivity index (χ0n) is 16.0. The van der Waals surface area contributed by atoms with Crippen LogP contribution in [-0.2, 0) is 33.5 Å². The monoisotopic (exact) mass is 452 g/mol. The van der Waals surface area contributed by atoms with Crippen LogP contribution in [0, 0.1) is 0 Å². The molecule has 0 saturated heterocycles. The molecule has 1 amide bonds. The third-order valence-electron chi connectivity index (χ3n) is 2.62. The molecule has 0 saturated carbocycles. The van der Waals surface area contributed by atoms with Crippen LogP contribution in [0.3, 0.4) is 0 Å². The Bertz CT molecular complexity index is 692. The van der Waals surface area contributed by atoms with Crippen molar-refractivity contribution in [1.29, 1.82) is 0 Å². The number of hydrogen-bond donors (Lipinski definition) is 8. The van der Waals surface area contributed by atoms with Crippen LogP contribution in [0.4, 0.5) is 0 Å². The van der Waals surface area contributed by atoms with E-state index in [9.17, 15) is 28.8 Å². The Labute approximate surface area is 174 Å². The summed E-state index contributed by atoms with van der Waals surface area (Å²) in [7, 11) is 0. The maximum atomic E-state index is 10.4. The molecule has 31 heavy (non-hydrogen) atoms. The van der Waals surface area contributed by atoms with Gasteiger partial charge in [-0.25, -0.2) is 4.79 Å². The molecule has 0 aliphatic rings. The van der Waals surface area contributed by atoms with E-state index in [-0.39, 0.29) is 12.8 Å². The lowest BCUT2D eigenvalue weighted by molar-refractivity contribution is -0.145. The second-order valence-corrected chi connectivity index (χ2v) is 5.31. The highest BCUT2D eigenvalue weighted by molar-refractivity contribution is 6.20. The SMILES string of the molecule is NC(=O)CC[C@H](N)C(=O)O.N[C@@H](CC(=O)O)C(=O)O.[N-]=[N+]=CC(=O)OC[C@H](N)C(=O)O. The van der Waals surface area contributed by atoms with E-state index in [0.29, 0.717) is 6.21 Å². The topological polar surface area (TPSA) is 333 Å². The van der Waals surface area contributed by atoms with Crippen molar-refractivity contribution in [3.63, 3.8) is 0 Å². The number of carboxylic acids is 4. The molecule has 0 aromatic heterocycles. The van der Waals surface area contributed by atoms with E-state index in [1.807, 2.05) is 0 Å². The Morgan fingerprint density at radius 3 is 1.61 bits per heavy atom. The van der Waals surface area contributed by atoms with Crippen molar-refractivity contribution < 1.29 is 58.7 Å². The molecule has 0 fully saturated rings. The van der Waals surface area contributed by atoms with Crippen molar-refractivity contribution in [3.05, 3.63) is 5.53 Å². The van der Waals surface area contributed by atoms with Gasteiger partial charge in [0, 0.05) is 6.42 Å². The van der Waals surface area contributed by atoms with Crippen molar-refractivity contribution in [2.45, 2.75) is 37.4 Å². The molecule has 176 valence electrons. The molecule has 0 heterocycles. The highest BCUT2D eigenvalue weighted by atomic mass is 16.5. The molecule has 0 aromatic rings. The fourth-order valence-electron chi connectivity index (χ4n) is 1.02. The lowest BCUT2D eigenvalue weighted by Crippen LogP contribution is -2.35. The van der Waals surface area contributed by atoms with Gasteiger partial charge in [-0.3, -0.25) is 24.0 Å². The van der Waals surface area contributed by atoms with Gasteiger partial charge in [-0.15, -0.1) is 0 Å². The second-order valence-electron chi connectivity index (χ2n) is 5.31. The summed E-state index contributed by atoms with van der Waals surface area (Å²) in [6.45, 7) is -0.458. The predicted molar refractivity (Wildman–Crippen MR) is 98.2 cm³/mol. The van der Waals surface area contributed by atoms with Crippen LogP contribution in [0.1, 0.15) is 19.3 Å². The van der Waals surface area contributed by atoms with E-state index in [2.05, 4.69) is 9.53 Å². The van der Waals surface area contributed by atoms with Crippen molar-refractivity contribution in [1.82, 2.24) is 0 Å². The minimum Gasteiger partial charge on any atom is -0.481 e. The van der Waals surface area contributed by atoms with Crippen LogP contribution < -0.4 is 22.9 Å². The Balaban J connectivity index is -0.000000384. The van der Waals surface area contributed by atoms with Crippen LogP contribution in [0.5, 0.6) is 0 Å². The fraction of sp³-hybridized carbons (Fsp3) is 0.500. The van der Waals surface area contributed by atoms with Crippen LogP contribution in [0.15, 0.2) is 0 Å². The van der Waals surface area contributed by atoms with Crippen LogP contribution in [-0.4, -0.2) is 91.9 Å². The van der Waals surface area contributed by atoms with Crippen LogP contribution in [0.2, 0.25) is 0 Å². The highest BCUT2D eigenvalue weighted by Crippen LogP contribution is 1.92. The number of hydrogen-bond acceptors (Lipinski definition) is 10. The van der Waals surface area contributed by atoms with Gasteiger partial charge in [0.1, 0.15) is 24.7 Å². The van der Waals surface area contributed by atoms with Gasteiger partial charge in [-0.2, -0.15) is 4.79 Å². The lowest BCUT2D eigenvalue weighted by Gasteiger charge is -2.03. The standard InChI is InChI=1S/C5H7N3O4.C5H10N2O3.C4H7NO4/c6-3(5(10)11)2-12-4(9)1-8-7;6-3(5(9)10)1-2-4(7)8;5-2(4(8)9)1-3(6)7/h1,3H,2,6H2,(H,10,11);3H,1-2,6H2,(H2,7,8)(H,9,10);2H,1,5H2,(H,6,7)(H,8,9)/t2*3-;2-/m000/s1. The zero-order valence-corrected chi connectivity index (χ0v) is 16.0. The summed E-state index contributed by atoms with van der Waals surface area (Å²) >= 11 is 0. The maximum absolute atomic E-state index is 10.4. The van der Waals surface area contributed by atoms with Crippen LogP contribution >= 0.6 is 0 Å². The number of amides is 1. The molecule has 3 atom stereocenters. The van der Waals surface area contributed by atoms with Crippen molar-refractivity contribution in [2.75, 3.05) is 6.61 Å². The fourth-order valence-corrected chi connectivity index (χ4v) is 1.02. The number of ether oxygens (including phenoxy) is 1. The first kappa shape index (κ1) is 31.8. The Morgan fingerprint density at radius 1 is 0.871 bits per heavy atom. The van der Waals surface area contributed by atoms with E-state index in [1.54, 1.807) is 0 Å². The molecule has 0 spiro atoms. The van der Waals surface area contributed by atoms with Crippen molar-refractivity contribution >= 4 is 42.0 Å². The highest BCUT2D eigenvalue weighted by Gasteiger charge is 2.15. The van der Waals surface area contributed by atoms with Crippen molar-refractivity contribution in [2.24, 2.45) is 22.9 Å². The third kappa shape index (κ3) is 24.0. The molecule has 17 nitrogen and oxygen atoms in total. The molecule has 12 N–H and O–H groups in total. The van der Waals surface area contributed by atoms with E-state index < -0.39 is 66.9 Å². The van der Waals surface area contributed by atoms with Gasteiger partial charge in [0.15, 0.2) is 0 Å². The summed E-state index contributed by atoms with van der Waals surface area (Å²) in [5.41, 5.74) is 27.5. The zero-order chi connectivity index (χ0) is 25.1. The first-order chi connectivity index (χ1) is 14.1. The smallest absolute Gasteiger partial charge is 0.413 e. The second kappa shape index (κ2) is 18.1. The quantitative estimate of drug-likeness (QED) is 0.0637. The van der Waals surface area contributed by atoms with Gasteiger partial charge >= 0.3 is 36.1 Å². The van der Waals surface area contributed by atoms with Crippen molar-refractivity contribution in [3.8, 4) is 0 Å². The minimum absolute atomic E-state index is 0.0213. The average molecular weight is 452 g/mol. The van der Waals surface area contributed by atoms with E-state index in [0.717, 1.165) is 0 Å². The first-order valence-electron chi connectivity index (χ1n) is 7.95. The summed E-state index contributed by atoms with van der Waals surface area (Å²) in [6, 6.07) is -3.53. The van der Waals surface area contributed by atoms with Crippen LogP contribution in [0.25, 0.3) is 5.53 Å². The Hall–Kier alpha value is -3.92. The molecule has 0 rings (SSSR count). The molecule has 0 unspecified atom stereocenters. The van der Waals surface area contributed by atoms with Gasteiger partial charge in [0.25, 0.3) is 0 Å². The number of carbonyl (C=O) groups excluding carboxylic acids is 2. The molecule has 17 heteroatoms. The molecular formula is C14H24N6O11. The summed E-state index contributed by atoms with van der Waals surface area (Å²) in [4.78, 5) is 62.6. The van der Waals surface area contributed by atoms with Gasteiger partial charge in [-0.1, -0.05) is 0 Å². The molecular weight excluding hydrogens is 428 g/mol. The van der Waals surface area contributed by atoms with Gasteiger partial charge in [-0.05, 0) is 6.42 Å². The Kier molecular flexibility index (Phi) is 18.6. The largest absolute Gasteiger partial charge is 0.481 e. The Morgan fingerprint density at radius 2 is 1.32 bits per heavy atom. The lowest BCUT2D eigenvalue weighted by atomic mass is 10.2. The summed E-state index contributed by atoms with van der Waals surface area (Å²) in [6.07, 6.45) is 0.0854. The number of carbonyl (C=O) groups is 6. The average Bonchev–Trinajstić information content (AvgIpc) is 2.64. The number of nitrogens with zero attached hydrogens (tertiary/aromatic N) is 2. The minimum atomic E-state index is -1.29. The maximum Gasteiger partial charge on any atom is 0.413 e. The van der Waals surface area contributed by atoms with E-state index >= 15 is 0 Å². The normalized spacial score (nSPS) is 12.0. The molecule has 0 bridgehead atoms. The number of aliphatic carboxylic acids is 4. The first-order valence-corrected chi connectivity index (χ1v) is 7.95. The number of esters is 1. The molecule has 0 radical (unpaired) electrons. The third-order valence-corrected chi connectivity index (χ3v) is 2.62. The summed E-state index contributed by atoms with van der Waals surface area (Å²) in [5.74, 6) is -6.36. The number of carboxylic acid groups (broad SMARTS) is 4. The molecule has 0 aliphatic heterocycles.